The fourth-order valence-electron chi connectivity index (χ4n) is 3.40. The SMILES string of the molecule is COC(CN(C(=O)c1cccc([N+](=O)[O-])c1)C1CC(=O)N(c2ccc(I)cc2)C1=O)OC. The van der Waals surface area contributed by atoms with Gasteiger partial charge in [-0.15, -0.1) is 0 Å². The quantitative estimate of drug-likeness (QED) is 0.162. The summed E-state index contributed by atoms with van der Waals surface area (Å²) in [7, 11) is 2.76. The van der Waals surface area contributed by atoms with Crippen LogP contribution in [0.25, 0.3) is 0 Å². The molecule has 2 aromatic rings. The summed E-state index contributed by atoms with van der Waals surface area (Å²) in [5.74, 6) is -1.67. The number of rotatable bonds is 8. The van der Waals surface area contributed by atoms with E-state index in [0.29, 0.717) is 5.69 Å². The first kappa shape index (κ1) is 23.8. The van der Waals surface area contributed by atoms with Crippen LogP contribution >= 0.6 is 22.6 Å². The minimum absolute atomic E-state index is 0.0121. The molecule has 1 unspecified atom stereocenters. The number of carbonyl (C=O) groups is 3. The van der Waals surface area contributed by atoms with Crippen molar-refractivity contribution in [1.29, 1.82) is 0 Å². The molecule has 1 aliphatic rings. The molecule has 32 heavy (non-hydrogen) atoms. The number of nitro benzene ring substituents is 1. The normalized spacial score (nSPS) is 16.0. The average molecular weight is 553 g/mol. The van der Waals surface area contributed by atoms with Crippen molar-refractivity contribution in [2.24, 2.45) is 0 Å². The molecule has 0 N–H and O–H groups in total. The lowest BCUT2D eigenvalue weighted by atomic mass is 10.1. The largest absolute Gasteiger partial charge is 0.354 e. The number of hydrogen-bond donors (Lipinski definition) is 0. The van der Waals surface area contributed by atoms with Crippen LogP contribution < -0.4 is 4.90 Å². The fraction of sp³-hybridized carbons (Fsp3) is 0.286. The van der Waals surface area contributed by atoms with Crippen molar-refractivity contribution in [3.8, 4) is 0 Å². The van der Waals surface area contributed by atoms with Crippen molar-refractivity contribution in [2.75, 3.05) is 25.7 Å². The summed E-state index contributed by atoms with van der Waals surface area (Å²) < 4.78 is 11.3. The molecular formula is C21H20IN3O7. The molecule has 2 aromatic carbocycles. The number of amides is 3. The summed E-state index contributed by atoms with van der Waals surface area (Å²) in [5.41, 5.74) is 0.152. The maximum Gasteiger partial charge on any atom is 0.270 e. The Bertz CT molecular complexity index is 1040. The van der Waals surface area contributed by atoms with Gasteiger partial charge in [0.2, 0.25) is 5.91 Å². The van der Waals surface area contributed by atoms with Crippen LogP contribution in [0, 0.1) is 13.7 Å². The lowest BCUT2D eigenvalue weighted by Crippen LogP contribution is -2.49. The molecule has 0 aromatic heterocycles. The van der Waals surface area contributed by atoms with Gasteiger partial charge in [0.05, 0.1) is 23.6 Å². The second-order valence-corrected chi connectivity index (χ2v) is 8.18. The highest BCUT2D eigenvalue weighted by molar-refractivity contribution is 14.1. The fourth-order valence-corrected chi connectivity index (χ4v) is 3.76. The van der Waals surface area contributed by atoms with E-state index in [9.17, 15) is 24.5 Å². The number of halogens is 1. The number of nitrogens with zero attached hydrogens (tertiary/aromatic N) is 3. The maximum atomic E-state index is 13.3. The molecule has 0 saturated carbocycles. The van der Waals surface area contributed by atoms with Crippen LogP contribution in [0.4, 0.5) is 11.4 Å². The van der Waals surface area contributed by atoms with E-state index in [1.54, 1.807) is 24.3 Å². The van der Waals surface area contributed by atoms with Gasteiger partial charge in [0.15, 0.2) is 6.29 Å². The summed E-state index contributed by atoms with van der Waals surface area (Å²) >= 11 is 2.11. The second kappa shape index (κ2) is 10.1. The van der Waals surface area contributed by atoms with Crippen molar-refractivity contribution < 1.29 is 28.8 Å². The summed E-state index contributed by atoms with van der Waals surface area (Å²) in [4.78, 5) is 52.0. The third kappa shape index (κ3) is 4.95. The van der Waals surface area contributed by atoms with Crippen LogP contribution in [0.2, 0.25) is 0 Å². The van der Waals surface area contributed by atoms with Crippen LogP contribution in [-0.2, 0) is 19.1 Å². The summed E-state index contributed by atoms with van der Waals surface area (Å²) in [6, 6.07) is 10.9. The van der Waals surface area contributed by atoms with Crippen molar-refractivity contribution in [3.05, 3.63) is 67.8 Å². The van der Waals surface area contributed by atoms with Gasteiger partial charge in [-0.2, -0.15) is 0 Å². The minimum Gasteiger partial charge on any atom is -0.354 e. The monoisotopic (exact) mass is 553 g/mol. The van der Waals surface area contributed by atoms with E-state index in [4.69, 9.17) is 9.47 Å². The second-order valence-electron chi connectivity index (χ2n) is 6.93. The van der Waals surface area contributed by atoms with E-state index in [1.165, 1.54) is 37.3 Å². The van der Waals surface area contributed by atoms with Crippen molar-refractivity contribution in [2.45, 2.75) is 18.8 Å². The molecule has 1 fully saturated rings. The number of methoxy groups -OCH3 is 2. The summed E-state index contributed by atoms with van der Waals surface area (Å²) in [6.45, 7) is -0.154. The van der Waals surface area contributed by atoms with Crippen LogP contribution in [0.1, 0.15) is 16.8 Å². The van der Waals surface area contributed by atoms with E-state index < -0.39 is 35.0 Å². The van der Waals surface area contributed by atoms with Crippen LogP contribution in [-0.4, -0.2) is 60.6 Å². The Morgan fingerprint density at radius 2 is 1.88 bits per heavy atom. The van der Waals surface area contributed by atoms with Crippen molar-refractivity contribution >= 4 is 51.7 Å². The van der Waals surface area contributed by atoms with Gasteiger partial charge in [-0.3, -0.25) is 24.5 Å². The van der Waals surface area contributed by atoms with Gasteiger partial charge in [-0.05, 0) is 52.9 Å². The van der Waals surface area contributed by atoms with Gasteiger partial charge in [0.25, 0.3) is 17.5 Å². The first-order chi connectivity index (χ1) is 15.3. The van der Waals surface area contributed by atoms with Gasteiger partial charge in [0.1, 0.15) is 6.04 Å². The molecule has 0 spiro atoms. The zero-order chi connectivity index (χ0) is 23.4. The number of ether oxygens (including phenoxy) is 2. The molecular weight excluding hydrogens is 533 g/mol. The van der Waals surface area contributed by atoms with Gasteiger partial charge in [-0.25, -0.2) is 4.90 Å². The van der Waals surface area contributed by atoms with E-state index in [1.807, 2.05) is 0 Å². The summed E-state index contributed by atoms with van der Waals surface area (Å²) in [6.07, 6.45) is -1.10. The van der Waals surface area contributed by atoms with Gasteiger partial charge >= 0.3 is 0 Å². The molecule has 3 amide bonds. The zero-order valence-electron chi connectivity index (χ0n) is 17.3. The molecule has 10 nitrogen and oxygen atoms in total. The molecule has 3 rings (SSSR count). The van der Waals surface area contributed by atoms with E-state index in [0.717, 1.165) is 14.5 Å². The average Bonchev–Trinajstić information content (AvgIpc) is 3.08. The van der Waals surface area contributed by atoms with Gasteiger partial charge in [-0.1, -0.05) is 6.07 Å². The highest BCUT2D eigenvalue weighted by Gasteiger charge is 2.45. The van der Waals surface area contributed by atoms with Gasteiger partial charge < -0.3 is 14.4 Å². The molecule has 1 aliphatic heterocycles. The number of non-ortho nitro benzene ring substituents is 1. The Morgan fingerprint density at radius 3 is 2.47 bits per heavy atom. The van der Waals surface area contributed by atoms with Crippen molar-refractivity contribution in [3.63, 3.8) is 0 Å². The van der Waals surface area contributed by atoms with Crippen LogP contribution in [0.3, 0.4) is 0 Å². The van der Waals surface area contributed by atoms with Gasteiger partial charge in [0, 0.05) is 35.5 Å². The number of imide groups is 1. The number of hydrogen-bond acceptors (Lipinski definition) is 7. The Hall–Kier alpha value is -2.90. The Morgan fingerprint density at radius 1 is 1.22 bits per heavy atom. The Balaban J connectivity index is 1.96. The molecule has 11 heteroatoms. The highest BCUT2D eigenvalue weighted by atomic mass is 127. The zero-order valence-corrected chi connectivity index (χ0v) is 19.4. The van der Waals surface area contributed by atoms with E-state index >= 15 is 0 Å². The molecule has 168 valence electrons. The van der Waals surface area contributed by atoms with Crippen LogP contribution in [0.15, 0.2) is 48.5 Å². The summed E-state index contributed by atoms with van der Waals surface area (Å²) in [5, 5.41) is 11.1. The number of carbonyl (C=O) groups excluding carboxylic acids is 3. The number of benzene rings is 2. The third-order valence-corrected chi connectivity index (χ3v) is 5.74. The first-order valence-electron chi connectivity index (χ1n) is 9.50. The van der Waals surface area contributed by atoms with E-state index in [-0.39, 0.29) is 24.2 Å². The lowest BCUT2D eigenvalue weighted by Gasteiger charge is -2.30. The lowest BCUT2D eigenvalue weighted by molar-refractivity contribution is -0.384. The molecule has 1 atom stereocenters. The Labute approximate surface area is 197 Å². The number of anilines is 1. The topological polar surface area (TPSA) is 119 Å². The maximum absolute atomic E-state index is 13.3. The van der Waals surface area contributed by atoms with E-state index in [2.05, 4.69) is 22.6 Å². The molecule has 0 radical (unpaired) electrons. The standard InChI is InChI=1S/C21H20IN3O7/c1-31-19(32-2)12-23(20(27)13-4-3-5-16(10-13)25(29)30)17-11-18(26)24(21(17)28)15-8-6-14(22)7-9-15/h3-10,17,19H,11-12H2,1-2H3. The minimum atomic E-state index is -1.11. The molecule has 0 bridgehead atoms. The van der Waals surface area contributed by atoms with Crippen LogP contribution in [0.5, 0.6) is 0 Å². The predicted molar refractivity (Wildman–Crippen MR) is 122 cm³/mol. The molecule has 0 aliphatic carbocycles. The Kier molecular flexibility index (Phi) is 7.53. The van der Waals surface area contributed by atoms with Crippen molar-refractivity contribution in [1.82, 2.24) is 4.90 Å². The molecule has 1 heterocycles. The first-order valence-corrected chi connectivity index (χ1v) is 10.6. The number of nitro groups is 1. The highest BCUT2D eigenvalue weighted by Crippen LogP contribution is 2.28. The third-order valence-electron chi connectivity index (χ3n) is 5.02. The predicted octanol–water partition coefficient (Wildman–Crippen LogP) is 2.59. The molecule has 1 saturated heterocycles. The smallest absolute Gasteiger partial charge is 0.270 e.